The third-order valence-electron chi connectivity index (χ3n) is 3.88. The van der Waals surface area contributed by atoms with E-state index >= 15 is 0 Å². The standard InChI is InChI=1S/C11H20N2O4S2/c1-12(9-5-3-2-4-6-9)19(16,17)13-8-18-7-10(13)11(14)15/h9-10H,2-8H2,1H3,(H,14,15). The maximum Gasteiger partial charge on any atom is 0.322 e. The van der Waals surface area contributed by atoms with E-state index in [0.29, 0.717) is 5.75 Å². The molecule has 0 amide bonds. The molecule has 0 aromatic rings. The molecule has 2 rings (SSSR count). The van der Waals surface area contributed by atoms with Crippen LogP contribution in [0.2, 0.25) is 0 Å². The minimum Gasteiger partial charge on any atom is -0.480 e. The fourth-order valence-electron chi connectivity index (χ4n) is 2.65. The molecule has 1 saturated carbocycles. The summed E-state index contributed by atoms with van der Waals surface area (Å²) in [6.07, 6.45) is 4.98. The van der Waals surface area contributed by atoms with Crippen LogP contribution in [0.1, 0.15) is 32.1 Å². The van der Waals surface area contributed by atoms with Crippen LogP contribution < -0.4 is 0 Å². The first-order valence-electron chi connectivity index (χ1n) is 6.50. The maximum absolute atomic E-state index is 12.5. The van der Waals surface area contributed by atoms with Crippen LogP contribution in [0.3, 0.4) is 0 Å². The summed E-state index contributed by atoms with van der Waals surface area (Å²) in [5.41, 5.74) is 0. The van der Waals surface area contributed by atoms with Crippen LogP contribution in [-0.2, 0) is 15.0 Å². The number of aliphatic carboxylic acids is 1. The van der Waals surface area contributed by atoms with Crippen molar-refractivity contribution in [3.05, 3.63) is 0 Å². The summed E-state index contributed by atoms with van der Waals surface area (Å²) in [6.45, 7) is 0. The molecule has 1 atom stereocenters. The number of thioether (sulfide) groups is 1. The predicted molar refractivity (Wildman–Crippen MR) is 74.1 cm³/mol. The van der Waals surface area contributed by atoms with E-state index in [0.717, 1.165) is 36.4 Å². The zero-order valence-electron chi connectivity index (χ0n) is 11.0. The smallest absolute Gasteiger partial charge is 0.322 e. The molecule has 2 aliphatic rings. The van der Waals surface area contributed by atoms with E-state index < -0.39 is 22.2 Å². The summed E-state index contributed by atoms with van der Waals surface area (Å²) in [7, 11) is -2.09. The highest BCUT2D eigenvalue weighted by Crippen LogP contribution is 2.29. The van der Waals surface area contributed by atoms with Gasteiger partial charge in [-0.05, 0) is 12.8 Å². The molecule has 0 spiro atoms. The van der Waals surface area contributed by atoms with Crippen LogP contribution in [0.4, 0.5) is 0 Å². The van der Waals surface area contributed by atoms with Crippen molar-refractivity contribution in [2.75, 3.05) is 18.7 Å². The normalized spacial score (nSPS) is 26.9. The van der Waals surface area contributed by atoms with Crippen LogP contribution in [-0.4, -0.2) is 58.9 Å². The zero-order chi connectivity index (χ0) is 14.0. The quantitative estimate of drug-likeness (QED) is 0.837. The van der Waals surface area contributed by atoms with E-state index in [1.165, 1.54) is 16.1 Å². The molecule has 8 heteroatoms. The van der Waals surface area contributed by atoms with E-state index in [-0.39, 0.29) is 11.9 Å². The van der Waals surface area contributed by atoms with Gasteiger partial charge in [0.15, 0.2) is 0 Å². The summed E-state index contributed by atoms with van der Waals surface area (Å²) < 4.78 is 27.5. The van der Waals surface area contributed by atoms with Gasteiger partial charge in [-0.2, -0.15) is 17.0 Å². The van der Waals surface area contributed by atoms with Gasteiger partial charge in [0.25, 0.3) is 10.2 Å². The lowest BCUT2D eigenvalue weighted by molar-refractivity contribution is -0.140. The lowest BCUT2D eigenvalue weighted by Crippen LogP contribution is -2.51. The van der Waals surface area contributed by atoms with Crippen LogP contribution in [0, 0.1) is 0 Å². The molecular weight excluding hydrogens is 288 g/mol. The first kappa shape index (κ1) is 15.1. The number of nitrogens with zero attached hydrogens (tertiary/aromatic N) is 2. The number of rotatable bonds is 4. The molecule has 6 nitrogen and oxygen atoms in total. The fraction of sp³-hybridized carbons (Fsp3) is 0.909. The minimum absolute atomic E-state index is 0.0128. The minimum atomic E-state index is -3.67. The monoisotopic (exact) mass is 308 g/mol. The first-order valence-corrected chi connectivity index (χ1v) is 9.05. The highest BCUT2D eigenvalue weighted by molar-refractivity contribution is 8.00. The van der Waals surface area contributed by atoms with Gasteiger partial charge in [-0.25, -0.2) is 0 Å². The Morgan fingerprint density at radius 1 is 1.32 bits per heavy atom. The molecule has 1 heterocycles. The van der Waals surface area contributed by atoms with Gasteiger partial charge in [0.2, 0.25) is 0 Å². The highest BCUT2D eigenvalue weighted by atomic mass is 32.2. The molecule has 2 fully saturated rings. The van der Waals surface area contributed by atoms with Crippen LogP contribution in [0.15, 0.2) is 0 Å². The molecule has 1 N–H and O–H groups in total. The van der Waals surface area contributed by atoms with Crippen LogP contribution >= 0.6 is 11.8 Å². The second kappa shape index (κ2) is 5.99. The van der Waals surface area contributed by atoms with Crippen molar-refractivity contribution in [3.63, 3.8) is 0 Å². The summed E-state index contributed by atoms with van der Waals surface area (Å²) in [5, 5.41) is 9.10. The van der Waals surface area contributed by atoms with Crippen molar-refractivity contribution in [1.82, 2.24) is 8.61 Å². The maximum atomic E-state index is 12.5. The topological polar surface area (TPSA) is 77.9 Å². The van der Waals surface area contributed by atoms with Gasteiger partial charge in [0.1, 0.15) is 6.04 Å². The van der Waals surface area contributed by atoms with E-state index in [1.807, 2.05) is 0 Å². The largest absolute Gasteiger partial charge is 0.480 e. The summed E-state index contributed by atoms with van der Waals surface area (Å²) in [5.74, 6) is -0.505. The number of hydrogen-bond acceptors (Lipinski definition) is 4. The summed E-state index contributed by atoms with van der Waals surface area (Å²) in [6, 6.07) is -0.917. The summed E-state index contributed by atoms with van der Waals surface area (Å²) in [4.78, 5) is 11.1. The summed E-state index contributed by atoms with van der Waals surface area (Å²) >= 11 is 1.35. The van der Waals surface area contributed by atoms with Crippen molar-refractivity contribution in [3.8, 4) is 0 Å². The molecule has 0 radical (unpaired) electrons. The van der Waals surface area contributed by atoms with E-state index in [4.69, 9.17) is 5.11 Å². The average molecular weight is 308 g/mol. The Morgan fingerprint density at radius 2 is 1.95 bits per heavy atom. The van der Waals surface area contributed by atoms with E-state index in [9.17, 15) is 13.2 Å². The van der Waals surface area contributed by atoms with Crippen LogP contribution in [0.5, 0.6) is 0 Å². The van der Waals surface area contributed by atoms with Crippen molar-refractivity contribution < 1.29 is 18.3 Å². The predicted octanol–water partition coefficient (Wildman–Crippen LogP) is 0.955. The number of carbonyl (C=O) groups is 1. The van der Waals surface area contributed by atoms with Crippen molar-refractivity contribution in [2.24, 2.45) is 0 Å². The molecule has 19 heavy (non-hydrogen) atoms. The molecule has 110 valence electrons. The molecule has 0 aromatic carbocycles. The Labute approximate surface area is 118 Å². The third kappa shape index (κ3) is 3.07. The van der Waals surface area contributed by atoms with Gasteiger partial charge in [-0.3, -0.25) is 4.79 Å². The Bertz CT molecular complexity index is 434. The van der Waals surface area contributed by atoms with Crippen LogP contribution in [0.25, 0.3) is 0 Å². The second-order valence-electron chi connectivity index (χ2n) is 5.06. The molecule has 1 aliphatic carbocycles. The number of carboxylic acids is 1. The second-order valence-corrected chi connectivity index (χ2v) is 8.00. The van der Waals surface area contributed by atoms with Crippen molar-refractivity contribution in [1.29, 1.82) is 0 Å². The first-order chi connectivity index (χ1) is 8.94. The van der Waals surface area contributed by atoms with Gasteiger partial charge in [0, 0.05) is 18.8 Å². The molecule has 1 unspecified atom stereocenters. The zero-order valence-corrected chi connectivity index (χ0v) is 12.6. The van der Waals surface area contributed by atoms with Gasteiger partial charge in [0.05, 0.1) is 5.88 Å². The Kier molecular flexibility index (Phi) is 4.75. The molecule has 0 aromatic heterocycles. The SMILES string of the molecule is CN(C1CCCCC1)S(=O)(=O)N1CSCC1C(=O)O. The fourth-order valence-corrected chi connectivity index (χ4v) is 5.91. The molecule has 0 bridgehead atoms. The van der Waals surface area contributed by atoms with Gasteiger partial charge < -0.3 is 5.11 Å². The van der Waals surface area contributed by atoms with E-state index in [2.05, 4.69) is 0 Å². The molecular formula is C11H20N2O4S2. The molecule has 1 saturated heterocycles. The Balaban J connectivity index is 2.14. The van der Waals surface area contributed by atoms with Gasteiger partial charge in [-0.15, -0.1) is 11.8 Å². The third-order valence-corrected chi connectivity index (χ3v) is 7.05. The molecule has 1 aliphatic heterocycles. The highest BCUT2D eigenvalue weighted by Gasteiger charge is 2.42. The van der Waals surface area contributed by atoms with E-state index in [1.54, 1.807) is 7.05 Å². The Hall–Kier alpha value is -0.310. The van der Waals surface area contributed by atoms with Crippen molar-refractivity contribution >= 4 is 27.9 Å². The number of hydrogen-bond donors (Lipinski definition) is 1. The average Bonchev–Trinajstić information content (AvgIpc) is 2.89. The van der Waals surface area contributed by atoms with Gasteiger partial charge >= 0.3 is 5.97 Å². The van der Waals surface area contributed by atoms with Gasteiger partial charge in [-0.1, -0.05) is 19.3 Å². The Morgan fingerprint density at radius 3 is 2.53 bits per heavy atom. The van der Waals surface area contributed by atoms with Crippen molar-refractivity contribution in [2.45, 2.75) is 44.2 Å². The number of carboxylic acid groups (broad SMARTS) is 1. The lowest BCUT2D eigenvalue weighted by Gasteiger charge is -2.34. The lowest BCUT2D eigenvalue weighted by atomic mass is 9.96.